The third-order valence-electron chi connectivity index (χ3n) is 18.0. The third-order valence-corrected chi connectivity index (χ3v) is 23.4. The van der Waals surface area contributed by atoms with E-state index in [1.807, 2.05) is 45.1 Å². The van der Waals surface area contributed by atoms with E-state index in [2.05, 4.69) is 104 Å². The predicted octanol–water partition coefficient (Wildman–Crippen LogP) is -0.626. The Morgan fingerprint density at radius 1 is 0.575 bits per heavy atom. The van der Waals surface area contributed by atoms with Gasteiger partial charge in [-0.2, -0.15) is 16.8 Å². The molecule has 10 atom stereocenters. The van der Waals surface area contributed by atoms with Gasteiger partial charge in [-0.15, -0.1) is 0 Å². The zero-order chi connectivity index (χ0) is 85.2. The van der Waals surface area contributed by atoms with Crippen LogP contribution in [0.25, 0.3) is 10.9 Å². The van der Waals surface area contributed by atoms with Crippen molar-refractivity contribution in [3.05, 3.63) is 84.1 Å². The summed E-state index contributed by atoms with van der Waals surface area (Å²) in [5.74, 6) is -15.3. The van der Waals surface area contributed by atoms with Crippen LogP contribution in [0.1, 0.15) is 158 Å². The molecule has 0 saturated carbocycles. The molecule has 2 aromatic carbocycles. The monoisotopic (exact) mass is 1640 g/mol. The van der Waals surface area contributed by atoms with E-state index in [1.54, 1.807) is 56.4 Å². The highest BCUT2D eigenvalue weighted by Gasteiger charge is 2.40. The van der Waals surface area contributed by atoms with Crippen molar-refractivity contribution < 1.29 is 93.4 Å². The summed E-state index contributed by atoms with van der Waals surface area (Å²) in [4.78, 5) is 187. The third kappa shape index (κ3) is 33.9. The van der Waals surface area contributed by atoms with Crippen molar-refractivity contribution in [1.29, 1.82) is 0 Å². The van der Waals surface area contributed by atoms with Crippen molar-refractivity contribution >= 4 is 122 Å². The number of carbonyl (C=O) groups excluding carboxylic acids is 13. The molecule has 4 aromatic rings. The van der Waals surface area contributed by atoms with Gasteiger partial charge in [-0.3, -0.25) is 71.4 Å². The van der Waals surface area contributed by atoms with Crippen molar-refractivity contribution in [3.63, 3.8) is 0 Å². The van der Waals surface area contributed by atoms with Crippen molar-refractivity contribution in [2.24, 2.45) is 29.2 Å². The molecule has 0 aliphatic rings. The van der Waals surface area contributed by atoms with Crippen LogP contribution >= 0.6 is 0 Å². The van der Waals surface area contributed by atoms with E-state index in [4.69, 9.17) is 11.5 Å². The van der Waals surface area contributed by atoms with Crippen LogP contribution in [-0.4, -0.2) is 229 Å². The largest absolute Gasteiger partial charge is 0.390 e. The second-order valence-electron chi connectivity index (χ2n) is 31.6. The first-order valence-electron chi connectivity index (χ1n) is 37.3. The normalized spacial score (nSPS) is 14.7. The Balaban J connectivity index is 1.44. The van der Waals surface area contributed by atoms with Gasteiger partial charge in [0.05, 0.1) is 46.7 Å². The molecule has 113 heavy (non-hydrogen) atoms. The lowest BCUT2D eigenvalue weighted by Crippen LogP contribution is -2.59. The number of aromatic nitrogens is 3. The number of nitrogens with one attached hydrogen (secondary N) is 12. The smallest absolute Gasteiger partial charge is 0.267 e. The summed E-state index contributed by atoms with van der Waals surface area (Å²) in [7, 11) is -9.94. The molecular formula is C74H115N16O20S2Si. The Morgan fingerprint density at radius 2 is 1.12 bits per heavy atom. The molecule has 0 aliphatic heterocycles. The van der Waals surface area contributed by atoms with Crippen LogP contribution in [0.4, 0.5) is 0 Å². The van der Waals surface area contributed by atoms with Crippen LogP contribution in [0.3, 0.4) is 0 Å². The number of aromatic amines is 2. The SMILES string of the molecule is CC(C)C[C@H](NC(=O)C[C@H](O)[C@H](CC(C)C)NC(=O)[C@H](Cc1cnc[nH]1)NC(=O)CN(C)C(=O)[C@@H](NC(=O)[C@H](C)NC(=O)[C@H](Cc1c[nH]c2ccccc12)NC(=O)[C@H](CCC(N)=O)NC(=O)CCCCNC(=O)[C@H](CS(=O)(=O)O)NC(=O)[C@H](CS(=O)(=O)O)NC(=O)Cc1ccc([Si](C(C)(C)C)C(C)(C)C)cc1)C(C)C)C(N)=O. The summed E-state index contributed by atoms with van der Waals surface area (Å²) in [6.07, 6.45) is 0.909. The van der Waals surface area contributed by atoms with Crippen molar-refractivity contribution in [2.75, 3.05) is 31.6 Å². The molecule has 2 aromatic heterocycles. The number of benzene rings is 2. The summed E-state index contributed by atoms with van der Waals surface area (Å²) in [6, 6.07) is 0.953. The minimum Gasteiger partial charge on any atom is -0.390 e. The summed E-state index contributed by atoms with van der Waals surface area (Å²) < 4.78 is 68.0. The number of imidazole rings is 1. The second-order valence-corrected chi connectivity index (χ2v) is 39.0. The summed E-state index contributed by atoms with van der Waals surface area (Å²) in [5.41, 5.74) is 13.1. The fraction of sp³-hybridized carbons (Fsp3) is 0.595. The number of para-hydroxylation sites is 1. The molecule has 0 aliphatic carbocycles. The van der Waals surface area contributed by atoms with Gasteiger partial charge in [-0.1, -0.05) is 131 Å². The number of nitrogens with two attached hydrogens (primary N) is 2. The van der Waals surface area contributed by atoms with Gasteiger partial charge in [0.2, 0.25) is 76.8 Å². The zero-order valence-electron chi connectivity index (χ0n) is 66.6. The lowest BCUT2D eigenvalue weighted by molar-refractivity contribution is -0.140. The number of amides is 13. The average molecular weight is 1640 g/mol. The van der Waals surface area contributed by atoms with Crippen LogP contribution in [0, 0.1) is 17.8 Å². The minimum atomic E-state index is -5.05. The van der Waals surface area contributed by atoms with Gasteiger partial charge in [0.1, 0.15) is 59.8 Å². The lowest BCUT2D eigenvalue weighted by Gasteiger charge is -2.39. The van der Waals surface area contributed by atoms with Gasteiger partial charge < -0.3 is 84.6 Å². The highest BCUT2D eigenvalue weighted by Crippen LogP contribution is 2.41. The number of hydrogen-bond donors (Lipinski definition) is 17. The van der Waals surface area contributed by atoms with Gasteiger partial charge in [0.15, 0.2) is 0 Å². The number of likely N-dealkylation sites (N-methyl/N-ethyl adjacent to an activating group) is 1. The van der Waals surface area contributed by atoms with Crippen LogP contribution in [0.2, 0.25) is 10.1 Å². The van der Waals surface area contributed by atoms with Gasteiger partial charge in [-0.25, -0.2) is 4.98 Å². The molecule has 19 N–H and O–H groups in total. The Kier molecular flexibility index (Phi) is 36.8. The first-order chi connectivity index (χ1) is 52.4. The maximum Gasteiger partial charge on any atom is 0.267 e. The lowest BCUT2D eigenvalue weighted by atomic mass is 9.96. The molecule has 2 heterocycles. The standard InChI is InChI=1S/C74H115N16O20S2Si/c1-41(2)29-52(58(91)34-62(95)83-53(65(76)97)30-42(3)4)86-70(102)55(33-47-36-77-40-80-47)84-63(96)37-90(14)72(104)64(43(5)6)89-66(98)44(7)81-69(101)54(32-46-35-79-50-20-16-15-19-49(46)50)87-68(100)51(26-27-59(75)92)82-60(93)21-17-18-28-78-67(99)56(38-111(105,106)107)88-71(103)57(39-112(108,109)110)85-61(94)31-45-22-24-48(25-23-45)113(73(8,9)10)74(11,12)13/h15-16,19-20,22-25,35-36,40-44,51-58,64,79,91H,17-18,21,26-34,37-39H2,1-14H3,(H2,75,92)(H2,76,97)(H,77,80)(H,78,99)(H,81,101)(H,82,93)(H,83,95)(H,84,96)(H,85,94)(H,86,102)(H,87,100)(H,88,103)(H,89,98)(H,105,106,107)(H,108,109,110)/t44-,51-,52-,53-,54-,55-,56-,57-,58-,64-/m0/s1. The van der Waals surface area contributed by atoms with Crippen molar-refractivity contribution in [3.8, 4) is 0 Å². The fourth-order valence-corrected chi connectivity index (χ4v) is 18.8. The number of aliphatic hydroxyl groups excluding tert-OH is 1. The number of fused-ring (bicyclic) bond motifs is 1. The van der Waals surface area contributed by atoms with E-state index in [-0.39, 0.29) is 86.2 Å². The fourth-order valence-electron chi connectivity index (χ4n) is 13.0. The highest BCUT2D eigenvalue weighted by atomic mass is 32.2. The summed E-state index contributed by atoms with van der Waals surface area (Å²) in [6.45, 7) is 23.8. The number of hydrogen-bond acceptors (Lipinski definition) is 19. The van der Waals surface area contributed by atoms with E-state index >= 15 is 0 Å². The van der Waals surface area contributed by atoms with Gasteiger partial charge in [-0.05, 0) is 84.1 Å². The zero-order valence-corrected chi connectivity index (χ0v) is 69.2. The number of carbonyl (C=O) groups is 13. The molecule has 4 rings (SSSR count). The second kappa shape index (κ2) is 43.5. The van der Waals surface area contributed by atoms with E-state index in [9.17, 15) is 93.4 Å². The Bertz CT molecular complexity index is 4170. The molecule has 0 spiro atoms. The summed E-state index contributed by atoms with van der Waals surface area (Å²) >= 11 is 0. The van der Waals surface area contributed by atoms with E-state index in [1.165, 1.54) is 26.5 Å². The first kappa shape index (κ1) is 95.7. The van der Waals surface area contributed by atoms with Crippen molar-refractivity contribution in [2.45, 2.75) is 231 Å². The quantitative estimate of drug-likeness (QED) is 0.0149. The molecule has 13 amide bonds. The number of rotatable bonds is 46. The van der Waals surface area contributed by atoms with Crippen LogP contribution in [0.5, 0.6) is 0 Å². The first-order valence-corrected chi connectivity index (χ1v) is 42.0. The molecule has 0 bridgehead atoms. The van der Waals surface area contributed by atoms with Crippen LogP contribution in [0.15, 0.2) is 67.3 Å². The molecule has 36 nitrogen and oxygen atoms in total. The molecule has 0 saturated heterocycles. The maximum atomic E-state index is 14.5. The molecule has 627 valence electrons. The van der Waals surface area contributed by atoms with Gasteiger partial charge in [0.25, 0.3) is 20.2 Å². The minimum absolute atomic E-state index is 0.000917. The molecule has 0 unspecified atom stereocenters. The number of H-pyrrole nitrogens is 2. The number of unbranched alkanes of at least 4 members (excludes halogenated alkanes) is 1. The molecule has 1 radical (unpaired) electrons. The Hall–Kier alpha value is -9.70. The average Bonchev–Trinajstić information content (AvgIpc) is 1.27. The van der Waals surface area contributed by atoms with Gasteiger partial charge >= 0.3 is 0 Å². The van der Waals surface area contributed by atoms with E-state index < -0.39 is 203 Å². The van der Waals surface area contributed by atoms with E-state index in [0.717, 1.165) is 10.1 Å². The predicted molar refractivity (Wildman–Crippen MR) is 422 cm³/mol. The molecule has 0 fully saturated rings. The van der Waals surface area contributed by atoms with Crippen molar-refractivity contribution in [1.82, 2.24) is 73.0 Å². The Labute approximate surface area is 661 Å². The molecule has 39 heteroatoms. The van der Waals surface area contributed by atoms with Crippen LogP contribution in [-0.2, 0) is 102 Å². The van der Waals surface area contributed by atoms with Gasteiger partial charge in [0, 0.05) is 68.3 Å². The number of nitrogens with zero attached hydrogens (tertiary/aromatic N) is 2. The molecular weight excluding hydrogens is 1530 g/mol. The van der Waals surface area contributed by atoms with E-state index in [0.29, 0.717) is 27.7 Å². The highest BCUT2D eigenvalue weighted by molar-refractivity contribution is 7.86. The topological polar surface area (TPSA) is 571 Å². The Morgan fingerprint density at radius 3 is 1.67 bits per heavy atom. The maximum absolute atomic E-state index is 14.5. The number of aliphatic hydroxyl groups is 1. The van der Waals surface area contributed by atoms with Crippen LogP contribution < -0.4 is 69.8 Å². The number of primary amides is 2. The summed E-state index contributed by atoms with van der Waals surface area (Å²) in [5, 5.41) is 37.9.